The van der Waals surface area contributed by atoms with Crippen molar-refractivity contribution >= 4 is 18.3 Å². The van der Waals surface area contributed by atoms with Crippen LogP contribution in [-0.4, -0.2) is 18.5 Å². The molecule has 1 unspecified atom stereocenters. The predicted molar refractivity (Wildman–Crippen MR) is 62.5 cm³/mol. The highest BCUT2D eigenvalue weighted by molar-refractivity contribution is 5.85. The van der Waals surface area contributed by atoms with Gasteiger partial charge in [-0.25, -0.2) is 0 Å². The van der Waals surface area contributed by atoms with E-state index in [9.17, 15) is 4.79 Å². The van der Waals surface area contributed by atoms with Gasteiger partial charge in [0, 0.05) is 6.54 Å². The minimum atomic E-state index is -0.348. The van der Waals surface area contributed by atoms with Crippen LogP contribution >= 0.6 is 12.4 Å². The fraction of sp³-hybridized carbons (Fsp3) is 0.900. The SMILES string of the molecule is CC(C)CNC(=O)C(N)CC(C)C.Cl. The number of amides is 1. The largest absolute Gasteiger partial charge is 0.354 e. The lowest BCUT2D eigenvalue weighted by molar-refractivity contribution is -0.122. The number of carbonyl (C=O) groups is 1. The van der Waals surface area contributed by atoms with E-state index in [4.69, 9.17) is 5.73 Å². The average Bonchev–Trinajstić information content (AvgIpc) is 1.98. The molecule has 0 aromatic rings. The van der Waals surface area contributed by atoms with E-state index in [0.717, 1.165) is 6.42 Å². The maximum Gasteiger partial charge on any atom is 0.236 e. The van der Waals surface area contributed by atoms with Crippen LogP contribution < -0.4 is 11.1 Å². The van der Waals surface area contributed by atoms with Crippen molar-refractivity contribution in [2.24, 2.45) is 17.6 Å². The van der Waals surface area contributed by atoms with Crippen LogP contribution in [0.15, 0.2) is 0 Å². The Morgan fingerprint density at radius 2 is 1.71 bits per heavy atom. The van der Waals surface area contributed by atoms with Crippen LogP contribution in [0.1, 0.15) is 34.1 Å². The van der Waals surface area contributed by atoms with Crippen LogP contribution in [0.4, 0.5) is 0 Å². The second kappa shape index (κ2) is 8.06. The summed E-state index contributed by atoms with van der Waals surface area (Å²) < 4.78 is 0. The normalized spacial score (nSPS) is 12.5. The molecule has 0 aromatic heterocycles. The number of halogens is 1. The van der Waals surface area contributed by atoms with Crippen LogP contribution in [-0.2, 0) is 4.79 Å². The summed E-state index contributed by atoms with van der Waals surface area (Å²) in [5.74, 6) is 0.928. The molecule has 1 amide bonds. The van der Waals surface area contributed by atoms with E-state index < -0.39 is 0 Å². The van der Waals surface area contributed by atoms with Gasteiger partial charge in [-0.3, -0.25) is 4.79 Å². The van der Waals surface area contributed by atoms with Crippen LogP contribution in [0.5, 0.6) is 0 Å². The molecule has 0 rings (SSSR count). The van der Waals surface area contributed by atoms with Crippen molar-refractivity contribution < 1.29 is 4.79 Å². The Morgan fingerprint density at radius 3 is 2.07 bits per heavy atom. The molecule has 0 aliphatic carbocycles. The van der Waals surface area contributed by atoms with Gasteiger partial charge in [0.15, 0.2) is 0 Å². The summed E-state index contributed by atoms with van der Waals surface area (Å²) in [5.41, 5.74) is 5.69. The summed E-state index contributed by atoms with van der Waals surface area (Å²) in [6, 6.07) is -0.348. The lowest BCUT2D eigenvalue weighted by Crippen LogP contribution is -2.42. The average molecular weight is 223 g/mol. The minimum absolute atomic E-state index is 0. The Bertz CT molecular complexity index is 160. The zero-order chi connectivity index (χ0) is 10.4. The topological polar surface area (TPSA) is 55.1 Å². The second-order valence-corrected chi connectivity index (χ2v) is 4.38. The van der Waals surface area contributed by atoms with Gasteiger partial charge in [0.05, 0.1) is 6.04 Å². The molecule has 0 saturated heterocycles. The Kier molecular flexibility index (Phi) is 9.31. The Labute approximate surface area is 93.2 Å². The second-order valence-electron chi connectivity index (χ2n) is 4.38. The summed E-state index contributed by atoms with van der Waals surface area (Å²) in [7, 11) is 0. The summed E-state index contributed by atoms with van der Waals surface area (Å²) in [6.07, 6.45) is 0.754. The lowest BCUT2D eigenvalue weighted by atomic mass is 10.0. The van der Waals surface area contributed by atoms with Crippen molar-refractivity contribution in [3.05, 3.63) is 0 Å². The van der Waals surface area contributed by atoms with Gasteiger partial charge in [-0.05, 0) is 18.3 Å². The summed E-state index contributed by atoms with van der Waals surface area (Å²) in [5, 5.41) is 2.82. The molecule has 0 spiro atoms. The third kappa shape index (κ3) is 8.32. The molecule has 0 aliphatic heterocycles. The Balaban J connectivity index is 0. The molecule has 0 aliphatic rings. The minimum Gasteiger partial charge on any atom is -0.354 e. The van der Waals surface area contributed by atoms with Gasteiger partial charge in [-0.15, -0.1) is 12.4 Å². The molecule has 0 fully saturated rings. The lowest BCUT2D eigenvalue weighted by Gasteiger charge is -2.14. The van der Waals surface area contributed by atoms with Gasteiger partial charge in [-0.1, -0.05) is 27.7 Å². The maximum absolute atomic E-state index is 11.3. The molecule has 4 heteroatoms. The summed E-state index contributed by atoms with van der Waals surface area (Å²) in [6.45, 7) is 8.97. The van der Waals surface area contributed by atoms with Crippen LogP contribution in [0.2, 0.25) is 0 Å². The van der Waals surface area contributed by atoms with Crippen molar-refractivity contribution in [2.45, 2.75) is 40.2 Å². The highest BCUT2D eigenvalue weighted by Gasteiger charge is 2.14. The van der Waals surface area contributed by atoms with E-state index in [2.05, 4.69) is 33.0 Å². The van der Waals surface area contributed by atoms with E-state index >= 15 is 0 Å². The fourth-order valence-electron chi connectivity index (χ4n) is 1.05. The van der Waals surface area contributed by atoms with Gasteiger partial charge in [0.1, 0.15) is 0 Å². The number of rotatable bonds is 5. The molecule has 86 valence electrons. The first-order valence-electron chi connectivity index (χ1n) is 4.96. The van der Waals surface area contributed by atoms with E-state index in [1.165, 1.54) is 0 Å². The quantitative estimate of drug-likeness (QED) is 0.742. The van der Waals surface area contributed by atoms with Crippen LogP contribution in [0, 0.1) is 11.8 Å². The van der Waals surface area contributed by atoms with Gasteiger partial charge in [-0.2, -0.15) is 0 Å². The smallest absolute Gasteiger partial charge is 0.236 e. The standard InChI is InChI=1S/C10H22N2O.ClH/c1-7(2)5-9(11)10(13)12-6-8(3)4;/h7-9H,5-6,11H2,1-4H3,(H,12,13);1H. The fourth-order valence-corrected chi connectivity index (χ4v) is 1.05. The van der Waals surface area contributed by atoms with Crippen molar-refractivity contribution in [3.63, 3.8) is 0 Å². The van der Waals surface area contributed by atoms with Crippen molar-refractivity contribution in [2.75, 3.05) is 6.54 Å². The van der Waals surface area contributed by atoms with E-state index in [-0.39, 0.29) is 24.4 Å². The monoisotopic (exact) mass is 222 g/mol. The maximum atomic E-state index is 11.3. The number of hydrogen-bond acceptors (Lipinski definition) is 2. The molecule has 0 bridgehead atoms. The van der Waals surface area contributed by atoms with Crippen molar-refractivity contribution in [1.29, 1.82) is 0 Å². The summed E-state index contributed by atoms with van der Waals surface area (Å²) in [4.78, 5) is 11.3. The summed E-state index contributed by atoms with van der Waals surface area (Å²) >= 11 is 0. The highest BCUT2D eigenvalue weighted by Crippen LogP contribution is 2.02. The first kappa shape index (κ1) is 16.2. The first-order chi connectivity index (χ1) is 5.93. The molecule has 0 saturated carbocycles. The van der Waals surface area contributed by atoms with Crippen LogP contribution in [0.3, 0.4) is 0 Å². The van der Waals surface area contributed by atoms with Crippen molar-refractivity contribution in [3.8, 4) is 0 Å². The molecule has 3 N–H and O–H groups in total. The number of carbonyl (C=O) groups excluding carboxylic acids is 1. The molecule has 1 atom stereocenters. The van der Waals surface area contributed by atoms with Gasteiger partial charge in [0.25, 0.3) is 0 Å². The molecule has 0 aromatic carbocycles. The highest BCUT2D eigenvalue weighted by atomic mass is 35.5. The number of nitrogens with two attached hydrogens (primary N) is 1. The molecule has 14 heavy (non-hydrogen) atoms. The van der Waals surface area contributed by atoms with E-state index in [1.807, 2.05) is 0 Å². The predicted octanol–water partition coefficient (Wildman–Crippen LogP) is 1.55. The van der Waals surface area contributed by atoms with E-state index in [0.29, 0.717) is 18.4 Å². The molecule has 0 heterocycles. The van der Waals surface area contributed by atoms with E-state index in [1.54, 1.807) is 0 Å². The first-order valence-corrected chi connectivity index (χ1v) is 4.96. The Hall–Kier alpha value is -0.280. The van der Waals surface area contributed by atoms with Crippen molar-refractivity contribution in [1.82, 2.24) is 5.32 Å². The van der Waals surface area contributed by atoms with Gasteiger partial charge >= 0.3 is 0 Å². The number of nitrogens with one attached hydrogen (secondary N) is 1. The molecular weight excluding hydrogens is 200 g/mol. The third-order valence-electron chi connectivity index (χ3n) is 1.75. The van der Waals surface area contributed by atoms with Gasteiger partial charge < -0.3 is 11.1 Å². The zero-order valence-corrected chi connectivity index (χ0v) is 10.4. The third-order valence-corrected chi connectivity index (χ3v) is 1.75. The zero-order valence-electron chi connectivity index (χ0n) is 9.54. The van der Waals surface area contributed by atoms with Gasteiger partial charge in [0.2, 0.25) is 5.91 Å². The molecule has 3 nitrogen and oxygen atoms in total. The molecular formula is C10H23ClN2O. The number of hydrogen-bond donors (Lipinski definition) is 2. The molecule has 0 radical (unpaired) electrons. The van der Waals surface area contributed by atoms with Crippen LogP contribution in [0.25, 0.3) is 0 Å². The Morgan fingerprint density at radius 1 is 1.21 bits per heavy atom.